The summed E-state index contributed by atoms with van der Waals surface area (Å²) in [5.41, 5.74) is 2.30. The maximum atomic E-state index is 12.2. The highest BCUT2D eigenvalue weighted by molar-refractivity contribution is 7.17. The fraction of sp³-hybridized carbons (Fsp3) is 0. The van der Waals surface area contributed by atoms with Crippen LogP contribution in [0.5, 0.6) is 0 Å². The Labute approximate surface area is 150 Å². The Kier molecular flexibility index (Phi) is 3.90. The van der Waals surface area contributed by atoms with Gasteiger partial charge in [-0.3, -0.25) is 19.5 Å². The van der Waals surface area contributed by atoms with Crippen LogP contribution in [0.25, 0.3) is 16.9 Å². The zero-order valence-corrected chi connectivity index (χ0v) is 14.0. The van der Waals surface area contributed by atoms with Crippen molar-refractivity contribution in [3.63, 3.8) is 0 Å². The molecule has 0 aliphatic heterocycles. The number of fused-ring (bicyclic) bond motifs is 1. The molecule has 0 aliphatic carbocycles. The lowest BCUT2D eigenvalue weighted by atomic mass is 10.3. The lowest BCUT2D eigenvalue weighted by molar-refractivity contribution is -0.380. The number of nitrogens with one attached hydrogen (secondary N) is 1. The first-order chi connectivity index (χ1) is 12.6. The molecule has 4 aromatic rings. The lowest BCUT2D eigenvalue weighted by Crippen LogP contribution is -2.10. The van der Waals surface area contributed by atoms with Gasteiger partial charge in [0, 0.05) is 6.07 Å². The molecule has 0 atom stereocenters. The number of hydrogen-bond donors (Lipinski definition) is 1. The summed E-state index contributed by atoms with van der Waals surface area (Å²) in [5, 5.41) is 13.3. The molecule has 0 saturated heterocycles. The molecule has 9 heteroatoms. The van der Waals surface area contributed by atoms with Crippen molar-refractivity contribution in [2.75, 3.05) is 5.32 Å². The SMILES string of the molecule is O=C(Nc1ccc(-n2cnc3ccccc32)nc1)c1ccc([N+](=O)[O-])s1. The van der Waals surface area contributed by atoms with Crippen LogP contribution >= 0.6 is 11.3 Å². The first kappa shape index (κ1) is 15.9. The van der Waals surface area contributed by atoms with Gasteiger partial charge in [-0.25, -0.2) is 9.97 Å². The number of hydrogen-bond acceptors (Lipinski definition) is 6. The molecule has 3 aromatic heterocycles. The number of carbonyl (C=O) groups excluding carboxylic acids is 1. The first-order valence-corrected chi connectivity index (χ1v) is 8.37. The predicted octanol–water partition coefficient (Wildman–Crippen LogP) is 3.64. The van der Waals surface area contributed by atoms with Crippen LogP contribution in [-0.2, 0) is 0 Å². The van der Waals surface area contributed by atoms with E-state index in [1.807, 2.05) is 28.8 Å². The van der Waals surface area contributed by atoms with E-state index in [9.17, 15) is 14.9 Å². The summed E-state index contributed by atoms with van der Waals surface area (Å²) < 4.78 is 1.85. The van der Waals surface area contributed by atoms with Gasteiger partial charge in [-0.05, 0) is 30.3 Å². The largest absolute Gasteiger partial charge is 0.324 e. The summed E-state index contributed by atoms with van der Waals surface area (Å²) in [4.78, 5) is 31.3. The highest BCUT2D eigenvalue weighted by Gasteiger charge is 2.15. The third-order valence-electron chi connectivity index (χ3n) is 3.70. The van der Waals surface area contributed by atoms with Crippen molar-refractivity contribution >= 4 is 39.0 Å². The van der Waals surface area contributed by atoms with Crippen molar-refractivity contribution < 1.29 is 9.72 Å². The van der Waals surface area contributed by atoms with Crippen molar-refractivity contribution in [1.29, 1.82) is 0 Å². The van der Waals surface area contributed by atoms with E-state index in [0.29, 0.717) is 11.5 Å². The minimum atomic E-state index is -0.521. The van der Waals surface area contributed by atoms with Gasteiger partial charge in [-0.15, -0.1) is 0 Å². The van der Waals surface area contributed by atoms with Gasteiger partial charge >= 0.3 is 5.00 Å². The van der Waals surface area contributed by atoms with Gasteiger partial charge in [0.25, 0.3) is 5.91 Å². The predicted molar refractivity (Wildman–Crippen MR) is 97.8 cm³/mol. The molecule has 0 bridgehead atoms. The molecule has 0 aliphatic rings. The number of pyridine rings is 1. The normalized spacial score (nSPS) is 10.8. The molecule has 26 heavy (non-hydrogen) atoms. The molecule has 0 unspecified atom stereocenters. The van der Waals surface area contributed by atoms with Crippen molar-refractivity contribution in [2.45, 2.75) is 0 Å². The minimum Gasteiger partial charge on any atom is -0.320 e. The number of aromatic nitrogens is 3. The minimum absolute atomic E-state index is 0.0735. The number of rotatable bonds is 4. The van der Waals surface area contributed by atoms with Crippen molar-refractivity contribution in [3.05, 3.63) is 76.0 Å². The third kappa shape index (κ3) is 2.91. The molecular weight excluding hydrogens is 354 g/mol. The molecule has 0 radical (unpaired) electrons. The van der Waals surface area contributed by atoms with Crippen LogP contribution in [0, 0.1) is 10.1 Å². The molecule has 4 rings (SSSR count). The fourth-order valence-corrected chi connectivity index (χ4v) is 3.20. The summed E-state index contributed by atoms with van der Waals surface area (Å²) in [6.07, 6.45) is 3.22. The van der Waals surface area contributed by atoms with Gasteiger partial charge in [0.05, 0.1) is 32.7 Å². The van der Waals surface area contributed by atoms with Crippen LogP contribution in [0.3, 0.4) is 0 Å². The van der Waals surface area contributed by atoms with Crippen molar-refractivity contribution in [1.82, 2.24) is 14.5 Å². The Morgan fingerprint density at radius 3 is 2.69 bits per heavy atom. The van der Waals surface area contributed by atoms with Crippen molar-refractivity contribution in [2.24, 2.45) is 0 Å². The number of nitro groups is 1. The maximum absolute atomic E-state index is 12.2. The molecule has 0 fully saturated rings. The molecule has 0 spiro atoms. The molecule has 8 nitrogen and oxygen atoms in total. The molecular formula is C17H11N5O3S. The van der Waals surface area contributed by atoms with Gasteiger partial charge in [-0.1, -0.05) is 23.5 Å². The van der Waals surface area contributed by atoms with Crippen LogP contribution in [0.4, 0.5) is 10.7 Å². The number of anilines is 1. The van der Waals surface area contributed by atoms with Gasteiger partial charge in [0.15, 0.2) is 0 Å². The van der Waals surface area contributed by atoms with Crippen LogP contribution in [0.1, 0.15) is 9.67 Å². The van der Waals surface area contributed by atoms with E-state index in [2.05, 4.69) is 15.3 Å². The molecule has 128 valence electrons. The van der Waals surface area contributed by atoms with E-state index in [-0.39, 0.29) is 9.88 Å². The second-order valence-corrected chi connectivity index (χ2v) is 6.42. The fourth-order valence-electron chi connectivity index (χ4n) is 2.48. The standard InChI is InChI=1S/C17H11N5O3S/c23-17(14-6-8-16(26-14)22(24)25)20-11-5-7-15(18-9-11)21-10-19-12-3-1-2-4-13(12)21/h1-10H,(H,20,23). The molecule has 0 saturated carbocycles. The Hall–Kier alpha value is -3.59. The Balaban J connectivity index is 1.54. The number of carbonyl (C=O) groups is 1. The molecule has 1 amide bonds. The Morgan fingerprint density at radius 2 is 1.96 bits per heavy atom. The van der Waals surface area contributed by atoms with E-state index < -0.39 is 10.8 Å². The maximum Gasteiger partial charge on any atom is 0.324 e. The zero-order valence-electron chi connectivity index (χ0n) is 13.2. The average Bonchev–Trinajstić information content (AvgIpc) is 3.30. The monoisotopic (exact) mass is 365 g/mol. The van der Waals surface area contributed by atoms with Crippen LogP contribution in [0.15, 0.2) is 61.1 Å². The smallest absolute Gasteiger partial charge is 0.320 e. The van der Waals surface area contributed by atoms with E-state index in [1.54, 1.807) is 18.5 Å². The number of imidazole rings is 1. The second-order valence-electron chi connectivity index (χ2n) is 5.36. The molecule has 1 N–H and O–H groups in total. The highest BCUT2D eigenvalue weighted by atomic mass is 32.1. The summed E-state index contributed by atoms with van der Waals surface area (Å²) >= 11 is 0.827. The summed E-state index contributed by atoms with van der Waals surface area (Å²) in [6.45, 7) is 0. The Morgan fingerprint density at radius 1 is 1.12 bits per heavy atom. The van der Waals surface area contributed by atoms with Crippen molar-refractivity contribution in [3.8, 4) is 5.82 Å². The quantitative estimate of drug-likeness (QED) is 0.439. The zero-order chi connectivity index (χ0) is 18.1. The van der Waals surface area contributed by atoms with Crippen LogP contribution in [-0.4, -0.2) is 25.4 Å². The summed E-state index contributed by atoms with van der Waals surface area (Å²) in [6, 6.07) is 13.9. The number of thiophene rings is 1. The summed E-state index contributed by atoms with van der Waals surface area (Å²) in [5.74, 6) is 0.259. The van der Waals surface area contributed by atoms with E-state index in [1.165, 1.54) is 18.3 Å². The van der Waals surface area contributed by atoms with Crippen LogP contribution in [0.2, 0.25) is 0 Å². The number of amides is 1. The Bertz CT molecular complexity index is 1120. The number of benzene rings is 1. The van der Waals surface area contributed by atoms with E-state index in [0.717, 1.165) is 22.4 Å². The van der Waals surface area contributed by atoms with E-state index >= 15 is 0 Å². The van der Waals surface area contributed by atoms with Crippen LogP contribution < -0.4 is 5.32 Å². The van der Waals surface area contributed by atoms with Gasteiger partial charge in [-0.2, -0.15) is 0 Å². The summed E-state index contributed by atoms with van der Waals surface area (Å²) in [7, 11) is 0. The van der Waals surface area contributed by atoms with Gasteiger partial charge in [0.2, 0.25) is 0 Å². The first-order valence-electron chi connectivity index (χ1n) is 7.56. The van der Waals surface area contributed by atoms with Gasteiger partial charge in [0.1, 0.15) is 12.1 Å². The van der Waals surface area contributed by atoms with E-state index in [4.69, 9.17) is 0 Å². The highest BCUT2D eigenvalue weighted by Crippen LogP contribution is 2.25. The second kappa shape index (κ2) is 6.37. The molecule has 1 aromatic carbocycles. The van der Waals surface area contributed by atoms with Gasteiger partial charge < -0.3 is 5.32 Å². The lowest BCUT2D eigenvalue weighted by Gasteiger charge is -2.06. The number of para-hydroxylation sites is 2. The number of nitrogens with zero attached hydrogens (tertiary/aromatic N) is 4. The molecule has 3 heterocycles. The third-order valence-corrected chi connectivity index (χ3v) is 4.74. The average molecular weight is 365 g/mol. The topological polar surface area (TPSA) is 103 Å².